The zero-order valence-electron chi connectivity index (χ0n) is 10.4. The minimum absolute atomic E-state index is 0.587. The van der Waals surface area contributed by atoms with Crippen LogP contribution in [-0.4, -0.2) is 16.5 Å². The standard InChI is InChI=1S/C13H13Br2N3O/c1-2-16-5-9-3-10(14)7-18-13(9)19-12-4-11(15)6-17-8-12/h3-4,6-8,16H,2,5H2,1H3. The van der Waals surface area contributed by atoms with Gasteiger partial charge in [-0.2, -0.15) is 0 Å². The van der Waals surface area contributed by atoms with Crippen LogP contribution in [0.1, 0.15) is 12.5 Å². The van der Waals surface area contributed by atoms with Gasteiger partial charge in [0.15, 0.2) is 0 Å². The molecule has 0 atom stereocenters. The van der Waals surface area contributed by atoms with E-state index < -0.39 is 0 Å². The van der Waals surface area contributed by atoms with E-state index in [0.717, 1.165) is 21.1 Å². The van der Waals surface area contributed by atoms with Crippen LogP contribution in [0.15, 0.2) is 39.7 Å². The summed E-state index contributed by atoms with van der Waals surface area (Å²) < 4.78 is 7.58. The minimum atomic E-state index is 0.587. The van der Waals surface area contributed by atoms with E-state index in [0.29, 0.717) is 18.2 Å². The highest BCUT2D eigenvalue weighted by atomic mass is 79.9. The zero-order valence-corrected chi connectivity index (χ0v) is 13.5. The fourth-order valence-corrected chi connectivity index (χ4v) is 2.23. The molecule has 0 amide bonds. The molecule has 0 fully saturated rings. The Hall–Kier alpha value is -0.980. The summed E-state index contributed by atoms with van der Waals surface area (Å²) in [6.07, 6.45) is 5.09. The normalized spacial score (nSPS) is 10.5. The first-order chi connectivity index (χ1) is 9.19. The van der Waals surface area contributed by atoms with E-state index in [1.54, 1.807) is 18.6 Å². The van der Waals surface area contributed by atoms with E-state index in [2.05, 4.69) is 54.1 Å². The van der Waals surface area contributed by atoms with Crippen molar-refractivity contribution in [2.75, 3.05) is 6.54 Å². The molecule has 0 spiro atoms. The smallest absolute Gasteiger partial charge is 0.223 e. The molecule has 2 aromatic rings. The Bertz CT molecular complexity index is 563. The van der Waals surface area contributed by atoms with Crippen molar-refractivity contribution >= 4 is 31.9 Å². The molecule has 0 unspecified atom stereocenters. The molecule has 0 bridgehead atoms. The molecule has 4 nitrogen and oxygen atoms in total. The maximum Gasteiger partial charge on any atom is 0.223 e. The third-order valence-electron chi connectivity index (χ3n) is 2.35. The number of halogens is 2. The first-order valence-electron chi connectivity index (χ1n) is 5.82. The highest BCUT2D eigenvalue weighted by Gasteiger charge is 2.08. The molecule has 0 aliphatic rings. The molecule has 0 aliphatic carbocycles. The van der Waals surface area contributed by atoms with E-state index in [9.17, 15) is 0 Å². The molecular formula is C13H13Br2N3O. The summed E-state index contributed by atoms with van der Waals surface area (Å²) in [4.78, 5) is 8.37. The highest BCUT2D eigenvalue weighted by molar-refractivity contribution is 9.10. The Kier molecular flexibility index (Phi) is 5.30. The van der Waals surface area contributed by atoms with Crippen LogP contribution in [-0.2, 0) is 6.54 Å². The Morgan fingerprint density at radius 3 is 2.68 bits per heavy atom. The van der Waals surface area contributed by atoms with Gasteiger partial charge in [-0.25, -0.2) is 4.98 Å². The third kappa shape index (κ3) is 4.26. The van der Waals surface area contributed by atoms with E-state index >= 15 is 0 Å². The van der Waals surface area contributed by atoms with E-state index in [4.69, 9.17) is 4.74 Å². The van der Waals surface area contributed by atoms with Gasteiger partial charge in [-0.05, 0) is 50.5 Å². The summed E-state index contributed by atoms with van der Waals surface area (Å²) in [5.74, 6) is 1.24. The monoisotopic (exact) mass is 385 g/mol. The van der Waals surface area contributed by atoms with Crippen LogP contribution < -0.4 is 10.1 Å². The van der Waals surface area contributed by atoms with Crippen LogP contribution in [0.4, 0.5) is 0 Å². The summed E-state index contributed by atoms with van der Waals surface area (Å²) in [5, 5.41) is 3.26. The maximum atomic E-state index is 5.78. The number of hydrogen-bond acceptors (Lipinski definition) is 4. The number of aromatic nitrogens is 2. The van der Waals surface area contributed by atoms with Crippen molar-refractivity contribution in [3.8, 4) is 11.6 Å². The molecule has 1 N–H and O–H groups in total. The lowest BCUT2D eigenvalue weighted by Crippen LogP contribution is -2.13. The molecule has 6 heteroatoms. The molecule has 2 aromatic heterocycles. The van der Waals surface area contributed by atoms with Gasteiger partial charge in [0.25, 0.3) is 0 Å². The Morgan fingerprint density at radius 1 is 1.16 bits per heavy atom. The van der Waals surface area contributed by atoms with E-state index in [1.165, 1.54) is 0 Å². The van der Waals surface area contributed by atoms with Gasteiger partial charge >= 0.3 is 0 Å². The molecule has 2 rings (SSSR count). The first kappa shape index (κ1) is 14.4. The largest absolute Gasteiger partial charge is 0.437 e. The van der Waals surface area contributed by atoms with Gasteiger partial charge in [-0.1, -0.05) is 6.92 Å². The first-order valence-corrected chi connectivity index (χ1v) is 7.41. The lowest BCUT2D eigenvalue weighted by Gasteiger charge is -2.10. The van der Waals surface area contributed by atoms with Crippen molar-refractivity contribution in [2.45, 2.75) is 13.5 Å². The summed E-state index contributed by atoms with van der Waals surface area (Å²) >= 11 is 6.78. The zero-order chi connectivity index (χ0) is 13.7. The summed E-state index contributed by atoms with van der Waals surface area (Å²) in [6.45, 7) is 3.66. The van der Waals surface area contributed by atoms with Crippen molar-refractivity contribution in [3.63, 3.8) is 0 Å². The lowest BCUT2D eigenvalue weighted by molar-refractivity contribution is 0.451. The molecule has 19 heavy (non-hydrogen) atoms. The van der Waals surface area contributed by atoms with Gasteiger partial charge in [0.2, 0.25) is 5.88 Å². The average molecular weight is 387 g/mol. The number of hydrogen-bond donors (Lipinski definition) is 1. The minimum Gasteiger partial charge on any atom is -0.437 e. The molecule has 2 heterocycles. The van der Waals surface area contributed by atoms with Crippen molar-refractivity contribution in [1.29, 1.82) is 0 Å². The fourth-order valence-electron chi connectivity index (χ4n) is 1.51. The molecular weight excluding hydrogens is 374 g/mol. The van der Waals surface area contributed by atoms with E-state index in [-0.39, 0.29) is 0 Å². The number of ether oxygens (including phenoxy) is 1. The van der Waals surface area contributed by atoms with Gasteiger partial charge in [0.1, 0.15) is 5.75 Å². The second-order valence-electron chi connectivity index (χ2n) is 3.84. The van der Waals surface area contributed by atoms with Gasteiger partial charge in [-0.15, -0.1) is 0 Å². The maximum absolute atomic E-state index is 5.78. The summed E-state index contributed by atoms with van der Waals surface area (Å²) in [6, 6.07) is 3.85. The average Bonchev–Trinajstić information content (AvgIpc) is 2.39. The van der Waals surface area contributed by atoms with Crippen LogP contribution in [0.25, 0.3) is 0 Å². The number of nitrogens with zero attached hydrogens (tertiary/aromatic N) is 2. The van der Waals surface area contributed by atoms with Crippen LogP contribution in [0.2, 0.25) is 0 Å². The van der Waals surface area contributed by atoms with Crippen LogP contribution in [0, 0.1) is 0 Å². The second kappa shape index (κ2) is 6.98. The SMILES string of the molecule is CCNCc1cc(Br)cnc1Oc1cncc(Br)c1. The molecule has 0 radical (unpaired) electrons. The summed E-state index contributed by atoms with van der Waals surface area (Å²) in [5.41, 5.74) is 0.996. The van der Waals surface area contributed by atoms with Crippen LogP contribution >= 0.6 is 31.9 Å². The molecule has 0 saturated carbocycles. The third-order valence-corrected chi connectivity index (χ3v) is 3.22. The van der Waals surface area contributed by atoms with Crippen LogP contribution in [0.3, 0.4) is 0 Å². The lowest BCUT2D eigenvalue weighted by atomic mass is 10.2. The highest BCUT2D eigenvalue weighted by Crippen LogP contribution is 2.26. The molecule has 0 aromatic carbocycles. The summed E-state index contributed by atoms with van der Waals surface area (Å²) in [7, 11) is 0. The van der Waals surface area contributed by atoms with Gasteiger partial charge in [0, 0.05) is 33.4 Å². The molecule has 0 aliphatic heterocycles. The Labute approximate surface area is 128 Å². The van der Waals surface area contributed by atoms with Crippen molar-refractivity contribution in [1.82, 2.24) is 15.3 Å². The Morgan fingerprint density at radius 2 is 1.95 bits per heavy atom. The van der Waals surface area contributed by atoms with Gasteiger partial charge in [-0.3, -0.25) is 4.98 Å². The predicted molar refractivity (Wildman–Crippen MR) is 81.3 cm³/mol. The number of rotatable bonds is 5. The van der Waals surface area contributed by atoms with Crippen molar-refractivity contribution in [3.05, 3.63) is 45.2 Å². The van der Waals surface area contributed by atoms with Gasteiger partial charge in [0.05, 0.1) is 6.20 Å². The quantitative estimate of drug-likeness (QED) is 0.846. The van der Waals surface area contributed by atoms with Crippen molar-refractivity contribution in [2.24, 2.45) is 0 Å². The second-order valence-corrected chi connectivity index (χ2v) is 5.67. The van der Waals surface area contributed by atoms with Crippen molar-refractivity contribution < 1.29 is 4.74 Å². The topological polar surface area (TPSA) is 47.0 Å². The Balaban J connectivity index is 2.23. The fraction of sp³-hybridized carbons (Fsp3) is 0.231. The molecule has 100 valence electrons. The van der Waals surface area contributed by atoms with Gasteiger partial charge < -0.3 is 10.1 Å². The van der Waals surface area contributed by atoms with Crippen LogP contribution in [0.5, 0.6) is 11.6 Å². The number of nitrogens with one attached hydrogen (secondary N) is 1. The molecule has 0 saturated heterocycles. The predicted octanol–water partition coefficient (Wildman–Crippen LogP) is 3.90. The van der Waals surface area contributed by atoms with E-state index in [1.807, 2.05) is 12.1 Å². The number of pyridine rings is 2.